The van der Waals surface area contributed by atoms with Gasteiger partial charge in [0.1, 0.15) is 11.3 Å². The van der Waals surface area contributed by atoms with Crippen molar-refractivity contribution in [2.24, 2.45) is 0 Å². The number of carbonyl (C=O) groups is 1. The van der Waals surface area contributed by atoms with Gasteiger partial charge in [0.25, 0.3) is 5.91 Å². The third kappa shape index (κ3) is 2.99. The fraction of sp³-hybridized carbons (Fsp3) is 0.222. The van der Waals surface area contributed by atoms with Crippen LogP contribution in [0.15, 0.2) is 30.5 Å². The number of nitrogens with zero attached hydrogens (tertiary/aromatic N) is 2. The number of hydrogen-bond donors (Lipinski definition) is 1. The van der Waals surface area contributed by atoms with E-state index < -0.39 is 0 Å². The molecule has 0 bridgehead atoms. The summed E-state index contributed by atoms with van der Waals surface area (Å²) in [5.41, 5.74) is 4.46. The van der Waals surface area contributed by atoms with Gasteiger partial charge in [0.15, 0.2) is 0 Å². The van der Waals surface area contributed by atoms with Crippen molar-refractivity contribution < 1.29 is 4.79 Å². The molecule has 4 nitrogen and oxygen atoms in total. The van der Waals surface area contributed by atoms with Crippen molar-refractivity contribution >= 4 is 40.4 Å². The molecule has 1 amide bonds. The molecular weight excluding hydrogens is 345 g/mol. The second-order valence-corrected chi connectivity index (χ2v) is 6.57. The van der Waals surface area contributed by atoms with Gasteiger partial charge >= 0.3 is 0 Å². The molecule has 1 N–H and O–H groups in total. The molecule has 2 aromatic heterocycles. The molecule has 0 aliphatic heterocycles. The van der Waals surface area contributed by atoms with Crippen LogP contribution in [0, 0.1) is 13.8 Å². The van der Waals surface area contributed by atoms with Crippen LogP contribution in [-0.2, 0) is 6.42 Å². The third-order valence-corrected chi connectivity index (χ3v) is 4.40. The number of carbonyl (C=O) groups excluding carboxylic acids is 1. The Morgan fingerprint density at radius 2 is 2.00 bits per heavy atom. The van der Waals surface area contributed by atoms with Gasteiger partial charge in [-0.15, -0.1) is 0 Å². The topological polar surface area (TPSA) is 46.4 Å². The van der Waals surface area contributed by atoms with Crippen LogP contribution in [0.25, 0.3) is 5.65 Å². The van der Waals surface area contributed by atoms with E-state index in [0.717, 1.165) is 16.8 Å². The molecule has 6 heteroatoms. The first-order chi connectivity index (χ1) is 11.4. The number of aromatic nitrogens is 2. The van der Waals surface area contributed by atoms with Gasteiger partial charge in [-0.25, -0.2) is 4.98 Å². The maximum Gasteiger partial charge on any atom is 0.274 e. The lowest BCUT2D eigenvalue weighted by atomic mass is 10.1. The number of fused-ring (bicyclic) bond motifs is 1. The second kappa shape index (κ2) is 6.46. The van der Waals surface area contributed by atoms with Gasteiger partial charge in [-0.05, 0) is 49.6 Å². The van der Waals surface area contributed by atoms with E-state index in [1.807, 2.05) is 32.9 Å². The number of hydrogen-bond acceptors (Lipinski definition) is 2. The summed E-state index contributed by atoms with van der Waals surface area (Å²) in [4.78, 5) is 17.4. The molecule has 1 aromatic carbocycles. The predicted octanol–water partition coefficient (Wildman–Crippen LogP) is 5.07. The minimum absolute atomic E-state index is 0.254. The molecule has 0 saturated heterocycles. The van der Waals surface area contributed by atoms with Gasteiger partial charge < -0.3 is 5.32 Å². The largest absolute Gasteiger partial charge is 0.319 e. The highest BCUT2D eigenvalue weighted by molar-refractivity contribution is 6.34. The lowest BCUT2D eigenvalue weighted by Crippen LogP contribution is -2.17. The van der Waals surface area contributed by atoms with Gasteiger partial charge in [-0.1, -0.05) is 36.2 Å². The lowest BCUT2D eigenvalue weighted by Gasteiger charge is -2.12. The maximum atomic E-state index is 12.9. The monoisotopic (exact) mass is 361 g/mol. The van der Waals surface area contributed by atoms with Crippen molar-refractivity contribution in [3.05, 3.63) is 63.0 Å². The number of aryl methyl sites for hydroxylation is 3. The third-order valence-electron chi connectivity index (χ3n) is 3.87. The van der Waals surface area contributed by atoms with Gasteiger partial charge in [-0.2, -0.15) is 0 Å². The fourth-order valence-electron chi connectivity index (χ4n) is 2.80. The number of nitrogens with one attached hydrogen (secondary N) is 1. The predicted molar refractivity (Wildman–Crippen MR) is 98.5 cm³/mol. The molecule has 0 fully saturated rings. The lowest BCUT2D eigenvalue weighted by molar-refractivity contribution is 0.102. The fourth-order valence-corrected chi connectivity index (χ4v) is 3.33. The molecule has 124 valence electrons. The zero-order valence-electron chi connectivity index (χ0n) is 13.7. The summed E-state index contributed by atoms with van der Waals surface area (Å²) >= 11 is 12.4. The molecule has 0 atom stereocenters. The zero-order valence-corrected chi connectivity index (χ0v) is 15.2. The molecule has 3 rings (SSSR count). The van der Waals surface area contributed by atoms with E-state index in [1.165, 1.54) is 0 Å². The Kier molecular flexibility index (Phi) is 4.52. The summed E-state index contributed by atoms with van der Waals surface area (Å²) in [6.07, 6.45) is 2.34. The molecule has 0 unspecified atom stereocenters. The molecule has 0 radical (unpaired) electrons. The van der Waals surface area contributed by atoms with Crippen molar-refractivity contribution in [3.8, 4) is 0 Å². The van der Waals surface area contributed by atoms with E-state index in [9.17, 15) is 4.79 Å². The maximum absolute atomic E-state index is 12.9. The molecule has 0 spiro atoms. The van der Waals surface area contributed by atoms with Crippen LogP contribution < -0.4 is 5.32 Å². The molecule has 0 aliphatic rings. The highest BCUT2D eigenvalue weighted by atomic mass is 35.5. The zero-order chi connectivity index (χ0) is 17.4. The number of rotatable bonds is 3. The Morgan fingerprint density at radius 3 is 2.67 bits per heavy atom. The standard InChI is InChI=1S/C18H17Cl2N3O/c1-4-14-17(23-9-12(19)5-6-15(23)21-14)18(24)22-16-11(3)7-10(2)8-13(16)20/h5-9H,4H2,1-3H3,(H,22,24). The summed E-state index contributed by atoms with van der Waals surface area (Å²) < 4.78 is 1.72. The van der Waals surface area contributed by atoms with E-state index in [2.05, 4.69) is 10.3 Å². The van der Waals surface area contributed by atoms with Crippen LogP contribution in [0.2, 0.25) is 10.0 Å². The van der Waals surface area contributed by atoms with Crippen molar-refractivity contribution in [3.63, 3.8) is 0 Å². The molecule has 0 aliphatic carbocycles. The van der Waals surface area contributed by atoms with E-state index in [1.54, 1.807) is 22.7 Å². The summed E-state index contributed by atoms with van der Waals surface area (Å²) in [5.74, 6) is -0.254. The number of halogens is 2. The van der Waals surface area contributed by atoms with Crippen LogP contribution >= 0.6 is 23.2 Å². The summed E-state index contributed by atoms with van der Waals surface area (Å²) in [6, 6.07) is 7.36. The number of amides is 1. The van der Waals surface area contributed by atoms with E-state index >= 15 is 0 Å². The first-order valence-electron chi connectivity index (χ1n) is 7.65. The Morgan fingerprint density at radius 1 is 1.25 bits per heavy atom. The van der Waals surface area contributed by atoms with E-state index in [4.69, 9.17) is 23.2 Å². The van der Waals surface area contributed by atoms with Crippen molar-refractivity contribution in [2.45, 2.75) is 27.2 Å². The number of pyridine rings is 1. The Balaban J connectivity index is 2.08. The first kappa shape index (κ1) is 16.8. The number of benzene rings is 1. The number of imidazole rings is 1. The average Bonchev–Trinajstić information content (AvgIpc) is 2.88. The minimum Gasteiger partial charge on any atom is -0.319 e. The molecule has 0 saturated carbocycles. The van der Waals surface area contributed by atoms with Crippen molar-refractivity contribution in [2.75, 3.05) is 5.32 Å². The van der Waals surface area contributed by atoms with Crippen molar-refractivity contribution in [1.29, 1.82) is 0 Å². The van der Waals surface area contributed by atoms with Crippen LogP contribution in [0.4, 0.5) is 5.69 Å². The SMILES string of the molecule is CCc1nc2ccc(Cl)cn2c1C(=O)Nc1c(C)cc(C)cc1Cl. The van der Waals surface area contributed by atoms with Gasteiger partial charge in [0.2, 0.25) is 0 Å². The van der Waals surface area contributed by atoms with Crippen molar-refractivity contribution in [1.82, 2.24) is 9.38 Å². The second-order valence-electron chi connectivity index (χ2n) is 5.73. The van der Waals surface area contributed by atoms with Gasteiger partial charge in [0.05, 0.1) is 21.4 Å². The van der Waals surface area contributed by atoms with Crippen LogP contribution in [0.3, 0.4) is 0 Å². The van der Waals surface area contributed by atoms with E-state index in [0.29, 0.717) is 33.5 Å². The first-order valence-corrected chi connectivity index (χ1v) is 8.41. The summed E-state index contributed by atoms with van der Waals surface area (Å²) in [6.45, 7) is 5.84. The highest BCUT2D eigenvalue weighted by Gasteiger charge is 2.20. The molecule has 2 heterocycles. The normalized spacial score (nSPS) is 11.0. The highest BCUT2D eigenvalue weighted by Crippen LogP contribution is 2.28. The van der Waals surface area contributed by atoms with Crippen LogP contribution in [-0.4, -0.2) is 15.3 Å². The Bertz CT molecular complexity index is 924. The summed E-state index contributed by atoms with van der Waals surface area (Å²) in [5, 5.41) is 3.98. The van der Waals surface area contributed by atoms with E-state index in [-0.39, 0.29) is 5.91 Å². The molecular formula is C18H17Cl2N3O. The minimum atomic E-state index is -0.254. The van der Waals surface area contributed by atoms with Crippen LogP contribution in [0.5, 0.6) is 0 Å². The molecule has 24 heavy (non-hydrogen) atoms. The Hall–Kier alpha value is -2.04. The van der Waals surface area contributed by atoms with Gasteiger partial charge in [0, 0.05) is 6.20 Å². The van der Waals surface area contributed by atoms with Crippen LogP contribution in [0.1, 0.15) is 34.2 Å². The number of anilines is 1. The van der Waals surface area contributed by atoms with Gasteiger partial charge in [-0.3, -0.25) is 9.20 Å². The molecule has 3 aromatic rings. The summed E-state index contributed by atoms with van der Waals surface area (Å²) in [7, 11) is 0. The quantitative estimate of drug-likeness (QED) is 0.707. The average molecular weight is 362 g/mol. The smallest absolute Gasteiger partial charge is 0.274 e. The Labute approximate surface area is 150 Å².